The Morgan fingerprint density at radius 2 is 2.18 bits per heavy atom. The summed E-state index contributed by atoms with van der Waals surface area (Å²) in [7, 11) is 0. The first-order valence-electron chi connectivity index (χ1n) is 5.31. The predicted molar refractivity (Wildman–Crippen MR) is 65.4 cm³/mol. The second-order valence-electron chi connectivity index (χ2n) is 4.03. The van der Waals surface area contributed by atoms with E-state index in [-0.39, 0.29) is 24.9 Å². The fourth-order valence-electron chi connectivity index (χ4n) is 1.65. The van der Waals surface area contributed by atoms with Crippen LogP contribution in [0.5, 0.6) is 0 Å². The number of thiophene rings is 1. The van der Waals surface area contributed by atoms with Crippen molar-refractivity contribution in [1.29, 1.82) is 0 Å². The number of amides is 1. The smallest absolute Gasteiger partial charge is 0.323 e. The molecule has 0 saturated heterocycles. The number of aliphatic carboxylic acids is 1. The Balaban J connectivity index is 1.98. The lowest BCUT2D eigenvalue weighted by molar-refractivity contribution is -0.144. The maximum absolute atomic E-state index is 12.0. The molecule has 1 N–H and O–H groups in total. The van der Waals surface area contributed by atoms with Crippen LogP contribution in [0, 0.1) is 0 Å². The van der Waals surface area contributed by atoms with E-state index in [1.165, 1.54) is 16.2 Å². The van der Waals surface area contributed by atoms with Crippen molar-refractivity contribution in [1.82, 2.24) is 4.90 Å². The van der Waals surface area contributed by atoms with Crippen molar-refractivity contribution in [3.8, 4) is 0 Å². The van der Waals surface area contributed by atoms with E-state index in [9.17, 15) is 9.59 Å². The number of carboxylic acids is 1. The predicted octanol–water partition coefficient (Wildman–Crippen LogP) is 2.02. The molecule has 0 aliphatic heterocycles. The highest BCUT2D eigenvalue weighted by atomic mass is 35.5. The van der Waals surface area contributed by atoms with E-state index in [4.69, 9.17) is 16.7 Å². The topological polar surface area (TPSA) is 57.6 Å². The van der Waals surface area contributed by atoms with Crippen LogP contribution in [0.25, 0.3) is 0 Å². The van der Waals surface area contributed by atoms with Gasteiger partial charge in [-0.3, -0.25) is 9.59 Å². The number of carboxylic acid groups (broad SMARTS) is 1. The van der Waals surface area contributed by atoms with Crippen LogP contribution in [0.2, 0.25) is 4.34 Å². The zero-order valence-corrected chi connectivity index (χ0v) is 10.6. The number of rotatable bonds is 5. The molecule has 4 nitrogen and oxygen atoms in total. The third-order valence-corrected chi connectivity index (χ3v) is 3.80. The van der Waals surface area contributed by atoms with Crippen molar-refractivity contribution in [3.05, 3.63) is 21.3 Å². The molecule has 1 fully saturated rings. The standard InChI is InChI=1S/C11H12ClNO3S/c12-9-4-3-8(17-9)5-10(14)13(6-11(15)16)7-1-2-7/h3-4,7H,1-2,5-6H2,(H,15,16). The summed E-state index contributed by atoms with van der Waals surface area (Å²) in [5.74, 6) is -1.09. The van der Waals surface area contributed by atoms with Gasteiger partial charge < -0.3 is 10.0 Å². The first-order valence-corrected chi connectivity index (χ1v) is 6.51. The summed E-state index contributed by atoms with van der Waals surface area (Å²) in [6, 6.07) is 3.67. The Hall–Kier alpha value is -1.07. The fraction of sp³-hybridized carbons (Fsp3) is 0.455. The van der Waals surface area contributed by atoms with E-state index >= 15 is 0 Å². The third-order valence-electron chi connectivity index (χ3n) is 2.57. The van der Waals surface area contributed by atoms with Crippen molar-refractivity contribution in [2.75, 3.05) is 6.54 Å². The molecule has 17 heavy (non-hydrogen) atoms. The van der Waals surface area contributed by atoms with Crippen LogP contribution in [0.1, 0.15) is 17.7 Å². The molecule has 1 heterocycles. The maximum atomic E-state index is 12.0. The summed E-state index contributed by atoms with van der Waals surface area (Å²) in [6.45, 7) is -0.206. The van der Waals surface area contributed by atoms with Crippen molar-refractivity contribution in [3.63, 3.8) is 0 Å². The van der Waals surface area contributed by atoms with Crippen molar-refractivity contribution in [2.45, 2.75) is 25.3 Å². The lowest BCUT2D eigenvalue weighted by Gasteiger charge is -2.19. The minimum Gasteiger partial charge on any atom is -0.480 e. The van der Waals surface area contributed by atoms with E-state index in [0.717, 1.165) is 17.7 Å². The van der Waals surface area contributed by atoms with Gasteiger partial charge in [0.1, 0.15) is 6.54 Å². The van der Waals surface area contributed by atoms with Crippen LogP contribution in [0.3, 0.4) is 0 Å². The molecule has 2 rings (SSSR count). The third kappa shape index (κ3) is 3.44. The minimum absolute atomic E-state index is 0.119. The Morgan fingerprint density at radius 3 is 2.65 bits per heavy atom. The first kappa shape index (κ1) is 12.4. The molecule has 1 saturated carbocycles. The van der Waals surface area contributed by atoms with Gasteiger partial charge in [-0.15, -0.1) is 11.3 Å². The molecule has 1 aliphatic carbocycles. The Bertz CT molecular complexity index is 442. The molecule has 0 unspecified atom stereocenters. The normalized spacial score (nSPS) is 14.6. The van der Waals surface area contributed by atoms with Gasteiger partial charge in [0.15, 0.2) is 0 Å². The van der Waals surface area contributed by atoms with Crippen LogP contribution in [0.15, 0.2) is 12.1 Å². The molecular weight excluding hydrogens is 262 g/mol. The molecular formula is C11H12ClNO3S. The Labute approximate surface area is 108 Å². The summed E-state index contributed by atoms with van der Waals surface area (Å²) >= 11 is 7.14. The van der Waals surface area contributed by atoms with Crippen molar-refractivity contribution < 1.29 is 14.7 Å². The lowest BCUT2D eigenvalue weighted by atomic mass is 10.3. The van der Waals surface area contributed by atoms with Crippen LogP contribution >= 0.6 is 22.9 Å². The summed E-state index contributed by atoms with van der Waals surface area (Å²) in [4.78, 5) is 25.0. The Kier molecular flexibility index (Phi) is 3.69. The lowest BCUT2D eigenvalue weighted by Crippen LogP contribution is -2.38. The number of hydrogen-bond acceptors (Lipinski definition) is 3. The van der Waals surface area contributed by atoms with Crippen LogP contribution in [0.4, 0.5) is 0 Å². The van der Waals surface area contributed by atoms with Crippen LogP contribution < -0.4 is 0 Å². The number of carbonyl (C=O) groups excluding carboxylic acids is 1. The zero-order valence-electron chi connectivity index (χ0n) is 9.06. The molecule has 1 aromatic heterocycles. The molecule has 1 amide bonds. The van der Waals surface area contributed by atoms with Gasteiger partial charge in [-0.25, -0.2) is 0 Å². The van der Waals surface area contributed by atoms with E-state index in [1.807, 2.05) is 0 Å². The molecule has 0 aromatic carbocycles. The average Bonchev–Trinajstić information content (AvgIpc) is 3.00. The second-order valence-corrected chi connectivity index (χ2v) is 5.83. The number of halogens is 1. The summed E-state index contributed by atoms with van der Waals surface area (Å²) in [6.07, 6.45) is 2.05. The molecule has 0 spiro atoms. The van der Waals surface area contributed by atoms with Gasteiger partial charge in [0.05, 0.1) is 10.8 Å². The monoisotopic (exact) mass is 273 g/mol. The van der Waals surface area contributed by atoms with Gasteiger partial charge in [0.25, 0.3) is 0 Å². The highest BCUT2D eigenvalue weighted by Crippen LogP contribution is 2.28. The first-order chi connectivity index (χ1) is 8.06. The number of carbonyl (C=O) groups is 2. The maximum Gasteiger partial charge on any atom is 0.323 e. The second kappa shape index (κ2) is 5.06. The number of nitrogens with zero attached hydrogens (tertiary/aromatic N) is 1. The molecule has 1 aromatic rings. The van der Waals surface area contributed by atoms with E-state index < -0.39 is 5.97 Å². The van der Waals surface area contributed by atoms with Gasteiger partial charge in [0.2, 0.25) is 5.91 Å². The average molecular weight is 274 g/mol. The van der Waals surface area contributed by atoms with Crippen molar-refractivity contribution in [2.24, 2.45) is 0 Å². The minimum atomic E-state index is -0.963. The SMILES string of the molecule is O=C(O)CN(C(=O)Cc1ccc(Cl)s1)C1CC1. The molecule has 0 atom stereocenters. The molecule has 92 valence electrons. The molecule has 1 aliphatic rings. The highest BCUT2D eigenvalue weighted by molar-refractivity contribution is 7.16. The summed E-state index contributed by atoms with van der Waals surface area (Å²) in [5.41, 5.74) is 0. The van der Waals surface area contributed by atoms with E-state index in [2.05, 4.69) is 0 Å². The number of hydrogen-bond donors (Lipinski definition) is 1. The van der Waals surface area contributed by atoms with Crippen LogP contribution in [-0.4, -0.2) is 34.5 Å². The van der Waals surface area contributed by atoms with E-state index in [0.29, 0.717) is 4.34 Å². The van der Waals surface area contributed by atoms with Crippen molar-refractivity contribution >= 4 is 34.8 Å². The molecule has 6 heteroatoms. The van der Waals surface area contributed by atoms with Gasteiger partial charge in [-0.1, -0.05) is 11.6 Å². The molecule has 0 bridgehead atoms. The quantitative estimate of drug-likeness (QED) is 0.893. The van der Waals surface area contributed by atoms with Gasteiger partial charge in [0, 0.05) is 10.9 Å². The zero-order chi connectivity index (χ0) is 12.4. The summed E-state index contributed by atoms with van der Waals surface area (Å²) < 4.78 is 0.643. The molecule has 0 radical (unpaired) electrons. The van der Waals surface area contributed by atoms with Crippen LogP contribution in [-0.2, 0) is 16.0 Å². The summed E-state index contributed by atoms with van der Waals surface area (Å²) in [5, 5.41) is 8.77. The fourth-order valence-corrected chi connectivity index (χ4v) is 2.73. The Morgan fingerprint density at radius 1 is 1.47 bits per heavy atom. The van der Waals surface area contributed by atoms with E-state index in [1.54, 1.807) is 12.1 Å². The largest absolute Gasteiger partial charge is 0.480 e. The van der Waals surface area contributed by atoms with Gasteiger partial charge in [-0.2, -0.15) is 0 Å². The van der Waals surface area contributed by atoms with Gasteiger partial charge >= 0.3 is 5.97 Å². The van der Waals surface area contributed by atoms with Gasteiger partial charge in [-0.05, 0) is 25.0 Å². The highest BCUT2D eigenvalue weighted by Gasteiger charge is 2.33.